The van der Waals surface area contributed by atoms with Gasteiger partial charge >= 0.3 is 11.1 Å². The molecule has 8 heteroatoms. The number of fused-ring (bicyclic) bond motifs is 1. The lowest BCUT2D eigenvalue weighted by Gasteiger charge is -2.37. The summed E-state index contributed by atoms with van der Waals surface area (Å²) in [7, 11) is -2.35. The molecule has 0 radical (unpaired) electrons. The standard InChI is InChI=1S/C17H24N2O5Si/c1-9(2)19-10-8-11(24-25(6,7)17(3,4)5)13(20)14(21)12(10)18-15(22)16(19)23/h8-9H,1-7H3,(H,18,22). The van der Waals surface area contributed by atoms with Gasteiger partial charge in [0.05, 0.1) is 5.69 Å². The maximum Gasteiger partial charge on any atom is 0.316 e. The van der Waals surface area contributed by atoms with Crippen molar-refractivity contribution in [2.45, 2.75) is 58.8 Å². The highest BCUT2D eigenvalue weighted by Crippen LogP contribution is 2.39. The molecule has 0 fully saturated rings. The largest absolute Gasteiger partial charge is 0.541 e. The number of rotatable bonds is 3. The van der Waals surface area contributed by atoms with E-state index in [9.17, 15) is 19.2 Å². The Balaban J connectivity index is 2.72. The van der Waals surface area contributed by atoms with E-state index in [0.717, 1.165) is 0 Å². The van der Waals surface area contributed by atoms with Crippen LogP contribution in [0.2, 0.25) is 18.1 Å². The summed E-state index contributed by atoms with van der Waals surface area (Å²) in [5.74, 6) is -1.73. The third kappa shape index (κ3) is 3.18. The first-order valence-corrected chi connectivity index (χ1v) is 11.1. The fraction of sp³-hybridized carbons (Fsp3) is 0.529. The molecule has 0 aliphatic heterocycles. The molecule has 25 heavy (non-hydrogen) atoms. The van der Waals surface area contributed by atoms with Crippen molar-refractivity contribution < 1.29 is 14.0 Å². The molecule has 1 aromatic rings. The van der Waals surface area contributed by atoms with Crippen LogP contribution in [-0.2, 0) is 9.22 Å². The molecule has 0 unspecified atom stereocenters. The Hall–Kier alpha value is -2.22. The second-order valence-electron chi connectivity index (χ2n) is 8.01. The highest BCUT2D eigenvalue weighted by Gasteiger charge is 2.42. The van der Waals surface area contributed by atoms with Crippen molar-refractivity contribution >= 4 is 26.0 Å². The van der Waals surface area contributed by atoms with Crippen LogP contribution in [0.5, 0.6) is 0 Å². The number of allylic oxidation sites excluding steroid dienone is 1. The molecule has 1 N–H and O–H groups in total. The fourth-order valence-electron chi connectivity index (χ4n) is 2.32. The molecule has 1 aliphatic carbocycles. The van der Waals surface area contributed by atoms with Gasteiger partial charge in [0.1, 0.15) is 5.69 Å². The molecule has 2 rings (SSSR count). The summed E-state index contributed by atoms with van der Waals surface area (Å²) in [5.41, 5.74) is -1.64. The number of H-pyrrole nitrogens is 1. The molecule has 1 heterocycles. The second kappa shape index (κ2) is 5.94. The van der Waals surface area contributed by atoms with E-state index in [1.54, 1.807) is 13.8 Å². The number of Topliss-reactive ketones (excluding diaryl/α,β-unsaturated/α-hetero) is 2. The van der Waals surface area contributed by atoms with Crippen LogP contribution in [0.15, 0.2) is 15.3 Å². The summed E-state index contributed by atoms with van der Waals surface area (Å²) in [6.45, 7) is 13.4. The summed E-state index contributed by atoms with van der Waals surface area (Å²) >= 11 is 0. The number of nitrogens with zero attached hydrogens (tertiary/aromatic N) is 1. The minimum Gasteiger partial charge on any atom is -0.541 e. The molecule has 1 aromatic heterocycles. The number of aromatic nitrogens is 2. The van der Waals surface area contributed by atoms with E-state index in [-0.39, 0.29) is 28.2 Å². The van der Waals surface area contributed by atoms with Crippen molar-refractivity contribution in [2.24, 2.45) is 0 Å². The summed E-state index contributed by atoms with van der Waals surface area (Å²) < 4.78 is 7.23. The summed E-state index contributed by atoms with van der Waals surface area (Å²) in [5, 5.41) is -0.167. The minimum absolute atomic E-state index is 0.0649. The first kappa shape index (κ1) is 19.1. The Bertz CT molecular complexity index is 897. The number of ketones is 2. The van der Waals surface area contributed by atoms with Gasteiger partial charge in [-0.05, 0) is 32.0 Å². The number of carbonyl (C=O) groups is 2. The maximum absolute atomic E-state index is 12.5. The molecule has 0 amide bonds. The lowest BCUT2D eigenvalue weighted by Crippen LogP contribution is -2.45. The highest BCUT2D eigenvalue weighted by atomic mass is 28.4. The Morgan fingerprint density at radius 3 is 2.12 bits per heavy atom. The molecule has 0 saturated heterocycles. The quantitative estimate of drug-likeness (QED) is 0.655. The smallest absolute Gasteiger partial charge is 0.316 e. The second-order valence-corrected chi connectivity index (χ2v) is 12.7. The lowest BCUT2D eigenvalue weighted by atomic mass is 10.0. The summed E-state index contributed by atoms with van der Waals surface area (Å²) in [6.07, 6.45) is 1.40. The van der Waals surface area contributed by atoms with Crippen LogP contribution in [0, 0.1) is 0 Å². The van der Waals surface area contributed by atoms with Crippen molar-refractivity contribution in [1.82, 2.24) is 9.55 Å². The van der Waals surface area contributed by atoms with Crippen LogP contribution in [0.3, 0.4) is 0 Å². The Morgan fingerprint density at radius 2 is 1.64 bits per heavy atom. The Kier molecular flexibility index (Phi) is 4.54. The average Bonchev–Trinajstić information content (AvgIpc) is 2.45. The van der Waals surface area contributed by atoms with Gasteiger partial charge in [0.2, 0.25) is 0 Å². The first-order chi connectivity index (χ1) is 11.3. The SMILES string of the molecule is CC(C)n1c2c([nH]c(=O)c1=O)C(=O)C(=O)C(O[Si](C)(C)C(C)(C)C)=C2. The van der Waals surface area contributed by atoms with E-state index in [2.05, 4.69) is 4.98 Å². The van der Waals surface area contributed by atoms with Crippen LogP contribution >= 0.6 is 0 Å². The van der Waals surface area contributed by atoms with Gasteiger partial charge in [-0.3, -0.25) is 23.7 Å². The molecule has 7 nitrogen and oxygen atoms in total. The highest BCUT2D eigenvalue weighted by molar-refractivity contribution is 6.75. The zero-order valence-electron chi connectivity index (χ0n) is 15.6. The van der Waals surface area contributed by atoms with Crippen molar-refractivity contribution in [3.05, 3.63) is 37.9 Å². The fourth-order valence-corrected chi connectivity index (χ4v) is 3.32. The molecule has 0 saturated carbocycles. The van der Waals surface area contributed by atoms with Crippen molar-refractivity contribution in [3.8, 4) is 0 Å². The zero-order chi connectivity index (χ0) is 19.3. The number of hydrogen-bond acceptors (Lipinski definition) is 5. The summed E-state index contributed by atoms with van der Waals surface area (Å²) in [6, 6.07) is -0.352. The molecule has 0 aromatic carbocycles. The third-order valence-corrected chi connectivity index (χ3v) is 9.12. The molecule has 136 valence electrons. The predicted molar refractivity (Wildman–Crippen MR) is 97.3 cm³/mol. The van der Waals surface area contributed by atoms with Gasteiger partial charge in [0.15, 0.2) is 5.76 Å². The van der Waals surface area contributed by atoms with Gasteiger partial charge in [-0.1, -0.05) is 20.8 Å². The average molecular weight is 364 g/mol. The topological polar surface area (TPSA) is 98.2 Å². The minimum atomic E-state index is -2.35. The van der Waals surface area contributed by atoms with Crippen LogP contribution < -0.4 is 11.1 Å². The molecule has 0 spiro atoms. The zero-order valence-corrected chi connectivity index (χ0v) is 16.6. The van der Waals surface area contributed by atoms with Crippen molar-refractivity contribution in [1.29, 1.82) is 0 Å². The number of hydrogen-bond donors (Lipinski definition) is 1. The van der Waals surface area contributed by atoms with Crippen LogP contribution in [-0.4, -0.2) is 29.4 Å². The third-order valence-electron chi connectivity index (χ3n) is 4.78. The Labute approximate surface area is 146 Å². The van der Waals surface area contributed by atoms with E-state index in [4.69, 9.17) is 4.43 Å². The van der Waals surface area contributed by atoms with Gasteiger partial charge in [0, 0.05) is 12.1 Å². The molecule has 0 bridgehead atoms. The van der Waals surface area contributed by atoms with E-state index in [0.29, 0.717) is 0 Å². The molecular formula is C17H24N2O5Si. The van der Waals surface area contributed by atoms with Crippen molar-refractivity contribution in [3.63, 3.8) is 0 Å². The number of nitrogens with one attached hydrogen (secondary N) is 1. The van der Waals surface area contributed by atoms with E-state index in [1.807, 2.05) is 33.9 Å². The maximum atomic E-state index is 12.5. The molecular weight excluding hydrogens is 340 g/mol. The molecule has 0 atom stereocenters. The normalized spacial score (nSPS) is 15.3. The van der Waals surface area contributed by atoms with Crippen molar-refractivity contribution in [2.75, 3.05) is 0 Å². The van der Waals surface area contributed by atoms with Gasteiger partial charge < -0.3 is 9.41 Å². The van der Waals surface area contributed by atoms with Crippen LogP contribution in [0.4, 0.5) is 0 Å². The van der Waals surface area contributed by atoms with Gasteiger partial charge in [-0.25, -0.2) is 0 Å². The van der Waals surface area contributed by atoms with Gasteiger partial charge in [-0.15, -0.1) is 0 Å². The first-order valence-electron chi connectivity index (χ1n) is 8.16. The van der Waals surface area contributed by atoms with Gasteiger partial charge in [0.25, 0.3) is 19.9 Å². The van der Waals surface area contributed by atoms with Crippen LogP contribution in [0.1, 0.15) is 56.8 Å². The lowest BCUT2D eigenvalue weighted by molar-refractivity contribution is -0.113. The van der Waals surface area contributed by atoms with Gasteiger partial charge in [-0.2, -0.15) is 0 Å². The molecule has 1 aliphatic rings. The van der Waals surface area contributed by atoms with E-state index in [1.165, 1.54) is 10.6 Å². The van der Waals surface area contributed by atoms with Crippen LogP contribution in [0.25, 0.3) is 6.08 Å². The summed E-state index contributed by atoms with van der Waals surface area (Å²) in [4.78, 5) is 51.1. The van der Waals surface area contributed by atoms with E-state index < -0.39 is 31.0 Å². The monoisotopic (exact) mass is 364 g/mol. The van der Waals surface area contributed by atoms with E-state index >= 15 is 0 Å². The Morgan fingerprint density at radius 1 is 1.08 bits per heavy atom. The predicted octanol–water partition coefficient (Wildman–Crippen LogP) is 2.25. The number of carbonyl (C=O) groups excluding carboxylic acids is 2. The number of aromatic amines is 1.